The third-order valence-corrected chi connectivity index (χ3v) is 5.86. The van der Waals surface area contributed by atoms with Crippen LogP contribution in [0.4, 0.5) is 0 Å². The summed E-state index contributed by atoms with van der Waals surface area (Å²) in [6.45, 7) is 6.00. The normalized spacial score (nSPS) is 15.9. The summed E-state index contributed by atoms with van der Waals surface area (Å²) in [5.41, 5.74) is 0. The molecule has 0 aromatic carbocycles. The van der Waals surface area contributed by atoms with E-state index in [0.29, 0.717) is 0 Å². The lowest BCUT2D eigenvalue weighted by Crippen LogP contribution is -2.12. The molecule has 0 spiro atoms. The zero-order valence-electron chi connectivity index (χ0n) is 7.02. The van der Waals surface area contributed by atoms with Gasteiger partial charge < -0.3 is 0 Å². The molecule has 0 aliphatic rings. The lowest BCUT2D eigenvalue weighted by Gasteiger charge is -2.14. The van der Waals surface area contributed by atoms with Crippen LogP contribution in [0, 0.1) is 0 Å². The molecule has 0 saturated heterocycles. The van der Waals surface area contributed by atoms with Crippen LogP contribution in [0.25, 0.3) is 0 Å². The van der Waals surface area contributed by atoms with Gasteiger partial charge in [0.05, 0.1) is 0 Å². The molecule has 11 heavy (non-hydrogen) atoms. The van der Waals surface area contributed by atoms with Crippen LogP contribution >= 0.6 is 45.2 Å². The second-order valence-corrected chi connectivity index (χ2v) is 5.90. The molecule has 0 aliphatic heterocycles. The summed E-state index contributed by atoms with van der Waals surface area (Å²) >= 11 is 5.09. The number of rotatable bonds is 6. The molecule has 0 aliphatic carbocycles. The topological polar surface area (TPSA) is 0 Å². The Balaban J connectivity index is 3.45. The van der Waals surface area contributed by atoms with Gasteiger partial charge in [0.1, 0.15) is 0 Å². The maximum absolute atomic E-state index is 3.76. The Labute approximate surface area is 97.5 Å². The SMILES string of the molecule is C=CCC(I)C(I)CCCC. The maximum atomic E-state index is 3.76. The van der Waals surface area contributed by atoms with E-state index in [1.807, 2.05) is 6.08 Å². The fourth-order valence-electron chi connectivity index (χ4n) is 0.887. The van der Waals surface area contributed by atoms with Gasteiger partial charge in [-0.05, 0) is 12.8 Å². The molecule has 0 amide bonds. The molecule has 0 radical (unpaired) electrons. The Morgan fingerprint density at radius 3 is 2.45 bits per heavy atom. The molecule has 0 fully saturated rings. The number of unbranched alkanes of at least 4 members (excludes halogenated alkanes) is 1. The summed E-state index contributed by atoms with van der Waals surface area (Å²) in [4.78, 5) is 0. The Morgan fingerprint density at radius 1 is 1.36 bits per heavy atom. The monoisotopic (exact) mass is 378 g/mol. The van der Waals surface area contributed by atoms with Crippen molar-refractivity contribution >= 4 is 45.2 Å². The van der Waals surface area contributed by atoms with Crippen molar-refractivity contribution in [3.63, 3.8) is 0 Å². The number of halogens is 2. The van der Waals surface area contributed by atoms with Crippen molar-refractivity contribution in [2.45, 2.75) is 40.5 Å². The second kappa shape index (κ2) is 7.83. The van der Waals surface area contributed by atoms with E-state index in [-0.39, 0.29) is 0 Å². The Hall–Kier alpha value is 1.20. The lowest BCUT2D eigenvalue weighted by molar-refractivity contribution is 0.687. The maximum Gasteiger partial charge on any atom is 0.0262 e. The summed E-state index contributed by atoms with van der Waals surface area (Å²) in [5, 5.41) is 0. The van der Waals surface area contributed by atoms with Crippen molar-refractivity contribution in [2.24, 2.45) is 0 Å². The number of allylic oxidation sites excluding steroid dienone is 1. The molecule has 2 unspecified atom stereocenters. The summed E-state index contributed by atoms with van der Waals surface area (Å²) in [5.74, 6) is 0. The van der Waals surface area contributed by atoms with Crippen molar-refractivity contribution in [3.05, 3.63) is 12.7 Å². The molecule has 2 atom stereocenters. The smallest absolute Gasteiger partial charge is 0.0262 e. The van der Waals surface area contributed by atoms with Gasteiger partial charge in [-0.25, -0.2) is 0 Å². The number of alkyl halides is 2. The number of hydrogen-bond donors (Lipinski definition) is 0. The lowest BCUT2D eigenvalue weighted by atomic mass is 10.1. The Morgan fingerprint density at radius 2 is 2.00 bits per heavy atom. The molecule has 66 valence electrons. The Bertz CT molecular complexity index is 102. The highest BCUT2D eigenvalue weighted by Gasteiger charge is 2.12. The van der Waals surface area contributed by atoms with Crippen LogP contribution in [0.5, 0.6) is 0 Å². The molecule has 0 rings (SSSR count). The van der Waals surface area contributed by atoms with Gasteiger partial charge in [0.2, 0.25) is 0 Å². The van der Waals surface area contributed by atoms with Crippen LogP contribution in [0.1, 0.15) is 32.6 Å². The van der Waals surface area contributed by atoms with Crippen LogP contribution in [-0.4, -0.2) is 7.85 Å². The third kappa shape index (κ3) is 6.37. The van der Waals surface area contributed by atoms with E-state index < -0.39 is 0 Å². The van der Waals surface area contributed by atoms with E-state index in [9.17, 15) is 0 Å². The fourth-order valence-corrected chi connectivity index (χ4v) is 2.34. The summed E-state index contributed by atoms with van der Waals surface area (Å²) in [6, 6.07) is 0. The van der Waals surface area contributed by atoms with E-state index in [0.717, 1.165) is 14.3 Å². The van der Waals surface area contributed by atoms with Gasteiger partial charge in [0.25, 0.3) is 0 Å². The highest BCUT2D eigenvalue weighted by atomic mass is 127. The molecular formula is C9H16I2. The van der Waals surface area contributed by atoms with Crippen molar-refractivity contribution in [3.8, 4) is 0 Å². The average molecular weight is 378 g/mol. The van der Waals surface area contributed by atoms with Crippen LogP contribution < -0.4 is 0 Å². The highest BCUT2D eigenvalue weighted by Crippen LogP contribution is 2.23. The first-order valence-electron chi connectivity index (χ1n) is 4.11. The van der Waals surface area contributed by atoms with Crippen molar-refractivity contribution < 1.29 is 0 Å². The third-order valence-electron chi connectivity index (χ3n) is 1.62. The first-order valence-corrected chi connectivity index (χ1v) is 6.60. The molecule has 0 heterocycles. The van der Waals surface area contributed by atoms with Crippen LogP contribution in [0.3, 0.4) is 0 Å². The standard InChI is InChI=1S/C9H16I2/c1-3-5-7-9(11)8(10)6-4-2/h4,8-9H,2-3,5-7H2,1H3. The highest BCUT2D eigenvalue weighted by molar-refractivity contribution is 14.1. The van der Waals surface area contributed by atoms with E-state index in [1.165, 1.54) is 19.3 Å². The van der Waals surface area contributed by atoms with Gasteiger partial charge in [-0.3, -0.25) is 0 Å². The van der Waals surface area contributed by atoms with Gasteiger partial charge in [-0.1, -0.05) is 71.0 Å². The van der Waals surface area contributed by atoms with E-state index >= 15 is 0 Å². The minimum atomic E-state index is 0.775. The number of hydrogen-bond acceptors (Lipinski definition) is 0. The molecule has 0 bridgehead atoms. The fraction of sp³-hybridized carbons (Fsp3) is 0.778. The minimum Gasteiger partial charge on any atom is -0.103 e. The van der Waals surface area contributed by atoms with Gasteiger partial charge in [0, 0.05) is 7.85 Å². The first kappa shape index (κ1) is 12.2. The largest absolute Gasteiger partial charge is 0.103 e. The molecule has 0 saturated carbocycles. The van der Waals surface area contributed by atoms with Gasteiger partial charge in [-0.15, -0.1) is 6.58 Å². The summed E-state index contributed by atoms with van der Waals surface area (Å²) < 4.78 is 1.60. The predicted molar refractivity (Wildman–Crippen MR) is 70.0 cm³/mol. The molecule has 0 aromatic rings. The zero-order valence-corrected chi connectivity index (χ0v) is 11.3. The Kier molecular flexibility index (Phi) is 8.68. The predicted octanol–water partition coefficient (Wildman–Crippen LogP) is 4.36. The van der Waals surface area contributed by atoms with Crippen molar-refractivity contribution in [2.75, 3.05) is 0 Å². The second-order valence-electron chi connectivity index (χ2n) is 2.70. The van der Waals surface area contributed by atoms with Gasteiger partial charge >= 0.3 is 0 Å². The first-order chi connectivity index (χ1) is 5.22. The van der Waals surface area contributed by atoms with Crippen LogP contribution in [0.15, 0.2) is 12.7 Å². The minimum absolute atomic E-state index is 0.775. The van der Waals surface area contributed by atoms with E-state index in [1.54, 1.807) is 0 Å². The average Bonchev–Trinajstić information content (AvgIpc) is 2.00. The molecule has 0 aromatic heterocycles. The molecule has 0 N–H and O–H groups in total. The summed E-state index contributed by atoms with van der Waals surface area (Å²) in [6.07, 6.45) is 7.21. The van der Waals surface area contributed by atoms with Gasteiger partial charge in [0.15, 0.2) is 0 Å². The van der Waals surface area contributed by atoms with E-state index in [2.05, 4.69) is 58.7 Å². The summed E-state index contributed by atoms with van der Waals surface area (Å²) in [7, 11) is 0. The quantitative estimate of drug-likeness (QED) is 0.366. The molecule has 0 nitrogen and oxygen atoms in total. The van der Waals surface area contributed by atoms with Gasteiger partial charge in [-0.2, -0.15) is 0 Å². The van der Waals surface area contributed by atoms with E-state index in [4.69, 9.17) is 0 Å². The van der Waals surface area contributed by atoms with Crippen LogP contribution in [-0.2, 0) is 0 Å². The van der Waals surface area contributed by atoms with Crippen molar-refractivity contribution in [1.82, 2.24) is 0 Å². The molecular weight excluding hydrogens is 362 g/mol. The zero-order chi connectivity index (χ0) is 8.69. The van der Waals surface area contributed by atoms with Crippen molar-refractivity contribution in [1.29, 1.82) is 0 Å². The molecule has 2 heteroatoms. The van der Waals surface area contributed by atoms with Crippen LogP contribution in [0.2, 0.25) is 0 Å².